The van der Waals surface area contributed by atoms with Crippen molar-refractivity contribution < 1.29 is 4.74 Å². The maximum Gasteiger partial charge on any atom is 0.191 e. The van der Waals surface area contributed by atoms with Crippen molar-refractivity contribution in [3.8, 4) is 0 Å². The predicted molar refractivity (Wildman–Crippen MR) is 119 cm³/mol. The van der Waals surface area contributed by atoms with E-state index in [4.69, 9.17) is 4.74 Å². The first-order valence-electron chi connectivity index (χ1n) is 10.7. The van der Waals surface area contributed by atoms with Gasteiger partial charge in [-0.3, -0.25) is 4.99 Å². The lowest BCUT2D eigenvalue weighted by molar-refractivity contribution is 0.129. The fourth-order valence-corrected chi connectivity index (χ4v) is 3.23. The summed E-state index contributed by atoms with van der Waals surface area (Å²) in [6.07, 6.45) is 7.22. The second kappa shape index (κ2) is 15.6. The van der Waals surface area contributed by atoms with Crippen LogP contribution >= 0.6 is 11.8 Å². The lowest BCUT2D eigenvalue weighted by atomic mass is 10.2. The lowest BCUT2D eigenvalue weighted by Crippen LogP contribution is -2.38. The molecule has 0 atom stereocenters. The van der Waals surface area contributed by atoms with E-state index in [0.717, 1.165) is 82.0 Å². The maximum atomic E-state index is 5.60. The zero-order chi connectivity index (χ0) is 20.6. The van der Waals surface area contributed by atoms with Crippen LogP contribution in [-0.2, 0) is 17.7 Å². The van der Waals surface area contributed by atoms with Crippen molar-refractivity contribution in [1.82, 2.24) is 25.4 Å². The Kier molecular flexibility index (Phi) is 13.8. The van der Waals surface area contributed by atoms with Crippen LogP contribution in [0.25, 0.3) is 0 Å². The summed E-state index contributed by atoms with van der Waals surface area (Å²) in [6.45, 7) is 13.8. The van der Waals surface area contributed by atoms with Crippen molar-refractivity contribution in [3.63, 3.8) is 0 Å². The van der Waals surface area contributed by atoms with E-state index in [1.165, 1.54) is 6.42 Å². The van der Waals surface area contributed by atoms with Crippen molar-refractivity contribution in [2.75, 3.05) is 39.1 Å². The number of aryl methyl sites for hydroxylation is 1. The number of unbranched alkanes of at least 4 members (excludes halogenated alkanes) is 1. The van der Waals surface area contributed by atoms with Crippen LogP contribution in [0, 0.1) is 5.92 Å². The van der Waals surface area contributed by atoms with Gasteiger partial charge in [0.05, 0.1) is 0 Å². The Morgan fingerprint density at radius 1 is 1.14 bits per heavy atom. The third kappa shape index (κ3) is 10.3. The quantitative estimate of drug-likeness (QED) is 0.199. The van der Waals surface area contributed by atoms with Crippen LogP contribution in [0.5, 0.6) is 0 Å². The first kappa shape index (κ1) is 24.8. The van der Waals surface area contributed by atoms with Crippen LogP contribution in [0.4, 0.5) is 0 Å². The summed E-state index contributed by atoms with van der Waals surface area (Å²) in [4.78, 5) is 4.68. The number of hydrogen-bond donors (Lipinski definition) is 2. The first-order chi connectivity index (χ1) is 13.6. The van der Waals surface area contributed by atoms with Crippen LogP contribution in [-0.4, -0.2) is 59.8 Å². The molecule has 0 aromatic carbocycles. The summed E-state index contributed by atoms with van der Waals surface area (Å²) in [7, 11) is 0. The second-order valence-electron chi connectivity index (χ2n) is 7.22. The summed E-state index contributed by atoms with van der Waals surface area (Å²) >= 11 is 1.66. The van der Waals surface area contributed by atoms with E-state index < -0.39 is 0 Å². The number of rotatable bonds is 15. The molecule has 0 aliphatic heterocycles. The van der Waals surface area contributed by atoms with Crippen molar-refractivity contribution >= 4 is 17.7 Å². The highest BCUT2D eigenvalue weighted by molar-refractivity contribution is 7.98. The Bertz CT molecular complexity index is 547. The van der Waals surface area contributed by atoms with Crippen LogP contribution in [0.2, 0.25) is 0 Å². The summed E-state index contributed by atoms with van der Waals surface area (Å²) < 4.78 is 7.85. The zero-order valence-electron chi connectivity index (χ0n) is 18.5. The molecule has 0 aliphatic carbocycles. The van der Waals surface area contributed by atoms with Crippen LogP contribution < -0.4 is 10.6 Å². The van der Waals surface area contributed by atoms with E-state index in [2.05, 4.69) is 64.3 Å². The Morgan fingerprint density at radius 3 is 2.61 bits per heavy atom. The number of guanidine groups is 1. The van der Waals surface area contributed by atoms with Crippen LogP contribution in [0.15, 0.2) is 10.1 Å². The molecule has 0 aliphatic rings. The normalized spacial score (nSPS) is 12.0. The van der Waals surface area contributed by atoms with Crippen molar-refractivity contribution in [2.45, 2.75) is 71.5 Å². The average molecular weight is 413 g/mol. The van der Waals surface area contributed by atoms with E-state index >= 15 is 0 Å². The molecule has 0 saturated heterocycles. The molecule has 0 fully saturated rings. The van der Waals surface area contributed by atoms with E-state index in [1.807, 2.05) is 0 Å². The van der Waals surface area contributed by atoms with Crippen LogP contribution in [0.3, 0.4) is 0 Å². The number of nitrogens with one attached hydrogen (secondary N) is 2. The minimum Gasteiger partial charge on any atom is -0.381 e. The van der Waals surface area contributed by atoms with E-state index in [9.17, 15) is 0 Å². The monoisotopic (exact) mass is 412 g/mol. The van der Waals surface area contributed by atoms with Gasteiger partial charge >= 0.3 is 0 Å². The standard InChI is InChI=1S/C20H40N6OS/c1-6-8-14-27-15-10-13-23-19(21-7-2)22-12-9-11-18-24-25-20(28-5)26(18)16-17(3)4/h17H,6-16H2,1-5H3,(H2,21,22,23). The van der Waals surface area contributed by atoms with Gasteiger partial charge in [-0.15, -0.1) is 10.2 Å². The Labute approximate surface area is 175 Å². The number of hydrogen-bond acceptors (Lipinski definition) is 5. The predicted octanol–water partition coefficient (Wildman–Crippen LogP) is 3.35. The molecule has 0 radical (unpaired) electrons. The summed E-state index contributed by atoms with van der Waals surface area (Å²) in [5, 5.41) is 16.4. The van der Waals surface area contributed by atoms with Gasteiger partial charge in [-0.25, -0.2) is 0 Å². The molecule has 1 aromatic rings. The second-order valence-corrected chi connectivity index (χ2v) is 7.99. The molecule has 0 amide bonds. The number of nitrogens with zero attached hydrogens (tertiary/aromatic N) is 4. The van der Waals surface area contributed by atoms with Gasteiger partial charge in [0.25, 0.3) is 0 Å². The molecule has 28 heavy (non-hydrogen) atoms. The van der Waals surface area contributed by atoms with Gasteiger partial charge in [0, 0.05) is 45.8 Å². The van der Waals surface area contributed by atoms with Crippen LogP contribution in [0.1, 0.15) is 59.2 Å². The molecule has 0 saturated carbocycles. The smallest absolute Gasteiger partial charge is 0.191 e. The Hall–Kier alpha value is -1.28. The third-order valence-corrected chi connectivity index (χ3v) is 4.76. The fourth-order valence-electron chi connectivity index (χ4n) is 2.70. The molecule has 0 spiro atoms. The molecule has 8 heteroatoms. The molecule has 1 heterocycles. The molecular weight excluding hydrogens is 372 g/mol. The Morgan fingerprint density at radius 2 is 1.93 bits per heavy atom. The van der Waals surface area contributed by atoms with E-state index in [-0.39, 0.29) is 0 Å². The minimum atomic E-state index is 0.578. The fraction of sp³-hybridized carbons (Fsp3) is 0.850. The number of thioether (sulfide) groups is 1. The van der Waals surface area contributed by atoms with Gasteiger partial charge in [0.1, 0.15) is 5.82 Å². The molecule has 1 rings (SSSR count). The molecule has 162 valence electrons. The van der Waals surface area contributed by atoms with Gasteiger partial charge in [-0.05, 0) is 38.4 Å². The highest BCUT2D eigenvalue weighted by Crippen LogP contribution is 2.16. The lowest BCUT2D eigenvalue weighted by Gasteiger charge is -2.12. The van der Waals surface area contributed by atoms with Crippen molar-refractivity contribution in [3.05, 3.63) is 5.82 Å². The third-order valence-electron chi connectivity index (χ3n) is 4.10. The molecule has 0 bridgehead atoms. The molecule has 2 N–H and O–H groups in total. The van der Waals surface area contributed by atoms with Crippen molar-refractivity contribution in [2.24, 2.45) is 10.9 Å². The van der Waals surface area contributed by atoms with Gasteiger partial charge in [-0.1, -0.05) is 39.0 Å². The largest absolute Gasteiger partial charge is 0.381 e. The molecular formula is C20H40N6OS. The van der Waals surface area contributed by atoms with E-state index in [0.29, 0.717) is 5.92 Å². The van der Waals surface area contributed by atoms with Gasteiger partial charge < -0.3 is 19.9 Å². The summed E-state index contributed by atoms with van der Waals surface area (Å²) in [5.74, 6) is 2.52. The number of aliphatic imine (C=N–C) groups is 1. The van der Waals surface area contributed by atoms with E-state index in [1.54, 1.807) is 11.8 Å². The zero-order valence-corrected chi connectivity index (χ0v) is 19.3. The SMILES string of the molecule is CCCCOCCCNC(=NCCCc1nnc(SC)n1CC(C)C)NCC. The summed E-state index contributed by atoms with van der Waals surface area (Å²) in [5.41, 5.74) is 0. The Balaban J connectivity index is 2.38. The minimum absolute atomic E-state index is 0.578. The van der Waals surface area contributed by atoms with Gasteiger partial charge in [-0.2, -0.15) is 0 Å². The topological polar surface area (TPSA) is 76.4 Å². The highest BCUT2D eigenvalue weighted by Gasteiger charge is 2.12. The maximum absolute atomic E-state index is 5.60. The molecule has 7 nitrogen and oxygen atoms in total. The van der Waals surface area contributed by atoms with Gasteiger partial charge in [0.2, 0.25) is 0 Å². The average Bonchev–Trinajstić information content (AvgIpc) is 3.05. The van der Waals surface area contributed by atoms with Gasteiger partial charge in [0.15, 0.2) is 11.1 Å². The van der Waals surface area contributed by atoms with Crippen molar-refractivity contribution in [1.29, 1.82) is 0 Å². The molecule has 0 unspecified atom stereocenters. The molecule has 1 aromatic heterocycles. The first-order valence-corrected chi connectivity index (χ1v) is 11.9. The summed E-state index contributed by atoms with van der Waals surface area (Å²) in [6, 6.07) is 0. The highest BCUT2D eigenvalue weighted by atomic mass is 32.2. The number of aromatic nitrogens is 3. The number of ether oxygens (including phenoxy) is 1.